The Kier molecular flexibility index (Phi) is 7.10. The van der Waals surface area contributed by atoms with Crippen LogP contribution in [-0.2, 0) is 14.3 Å². The van der Waals surface area contributed by atoms with Crippen LogP contribution in [0.5, 0.6) is 0 Å². The highest BCUT2D eigenvalue weighted by molar-refractivity contribution is 5.99. The molecule has 174 valence electrons. The van der Waals surface area contributed by atoms with Crippen LogP contribution < -0.4 is 11.1 Å². The Labute approximate surface area is 189 Å². The Bertz CT molecular complexity index is 846. The van der Waals surface area contributed by atoms with Crippen molar-refractivity contribution in [3.63, 3.8) is 0 Å². The molecule has 3 N–H and O–H groups in total. The number of hydrogen-bond acceptors (Lipinski definition) is 5. The Morgan fingerprint density at radius 2 is 1.78 bits per heavy atom. The minimum absolute atomic E-state index is 0.0137. The molecular formula is C24H34N4O4. The Hall–Kier alpha value is -2.45. The number of nitrogens with one attached hydrogen (secondary N) is 1. The first kappa shape index (κ1) is 22.7. The first-order chi connectivity index (χ1) is 15.4. The zero-order valence-corrected chi connectivity index (χ0v) is 18.8. The van der Waals surface area contributed by atoms with Crippen LogP contribution in [0.1, 0.15) is 60.9 Å². The van der Waals surface area contributed by atoms with Crippen LogP contribution >= 0.6 is 0 Å². The van der Waals surface area contributed by atoms with Gasteiger partial charge in [0.25, 0.3) is 17.7 Å². The number of carbonyl (C=O) groups excluding carboxylic acids is 3. The monoisotopic (exact) mass is 442 g/mol. The first-order valence-electron chi connectivity index (χ1n) is 11.8. The topological polar surface area (TPSA) is 105 Å². The van der Waals surface area contributed by atoms with E-state index >= 15 is 0 Å². The number of amides is 3. The molecule has 0 radical (unpaired) electrons. The maximum atomic E-state index is 13.5. The van der Waals surface area contributed by atoms with Gasteiger partial charge in [-0.25, -0.2) is 0 Å². The van der Waals surface area contributed by atoms with Gasteiger partial charge in [-0.1, -0.05) is 17.7 Å². The van der Waals surface area contributed by atoms with E-state index in [1.807, 2.05) is 25.1 Å². The van der Waals surface area contributed by atoms with E-state index < -0.39 is 12.3 Å². The minimum atomic E-state index is -0.968. The third-order valence-electron chi connectivity index (χ3n) is 6.76. The molecule has 4 rings (SSSR count). The summed E-state index contributed by atoms with van der Waals surface area (Å²) in [6.45, 7) is 3.34. The Morgan fingerprint density at radius 3 is 2.47 bits per heavy atom. The largest absolute Gasteiger partial charge is 0.368 e. The molecule has 1 aromatic rings. The zero-order valence-electron chi connectivity index (χ0n) is 18.8. The van der Waals surface area contributed by atoms with E-state index in [-0.39, 0.29) is 29.8 Å². The van der Waals surface area contributed by atoms with Gasteiger partial charge in [-0.15, -0.1) is 0 Å². The number of rotatable bonds is 4. The highest BCUT2D eigenvalue weighted by Crippen LogP contribution is 2.24. The lowest BCUT2D eigenvalue weighted by Crippen LogP contribution is -2.65. The van der Waals surface area contributed by atoms with Gasteiger partial charge in [-0.05, 0) is 64.0 Å². The summed E-state index contributed by atoms with van der Waals surface area (Å²) in [5, 5.41) is 3.11. The van der Waals surface area contributed by atoms with Gasteiger partial charge in [0.15, 0.2) is 6.17 Å². The van der Waals surface area contributed by atoms with Gasteiger partial charge in [0.1, 0.15) is 6.10 Å². The average Bonchev–Trinajstić information content (AvgIpc) is 3.34. The van der Waals surface area contributed by atoms with E-state index in [0.717, 1.165) is 37.7 Å². The molecule has 0 bridgehead atoms. The van der Waals surface area contributed by atoms with E-state index in [0.29, 0.717) is 38.1 Å². The van der Waals surface area contributed by atoms with Gasteiger partial charge in [0.05, 0.1) is 0 Å². The smallest absolute Gasteiger partial charge is 0.264 e. The summed E-state index contributed by atoms with van der Waals surface area (Å²) in [4.78, 5) is 43.4. The lowest BCUT2D eigenvalue weighted by molar-refractivity contribution is -0.156. The standard InChI is InChI=1S/C24H34N4O4/c1-16-5-2-6-17(15-16)23(30)27-12-4-13-28(24(31)20-7-3-14-32-20)22(27)21(29)26-19-10-8-18(25)9-11-19/h2,5-6,15,18-20,22H,3-4,7-14,25H2,1H3,(H,26,29). The molecule has 2 saturated heterocycles. The van der Waals surface area contributed by atoms with E-state index in [4.69, 9.17) is 10.5 Å². The number of benzene rings is 1. The second-order valence-electron chi connectivity index (χ2n) is 9.25. The molecule has 2 unspecified atom stereocenters. The molecule has 2 heterocycles. The second kappa shape index (κ2) is 10.0. The average molecular weight is 443 g/mol. The quantitative estimate of drug-likeness (QED) is 0.736. The molecule has 2 atom stereocenters. The van der Waals surface area contributed by atoms with Crippen molar-refractivity contribution in [3.8, 4) is 0 Å². The molecule has 2 aliphatic heterocycles. The van der Waals surface area contributed by atoms with Crippen molar-refractivity contribution in [1.29, 1.82) is 0 Å². The third-order valence-corrected chi connectivity index (χ3v) is 6.76. The summed E-state index contributed by atoms with van der Waals surface area (Å²) in [6.07, 6.45) is 3.94. The van der Waals surface area contributed by atoms with Crippen LogP contribution in [0.4, 0.5) is 0 Å². The van der Waals surface area contributed by atoms with Crippen molar-refractivity contribution in [2.24, 2.45) is 5.73 Å². The first-order valence-corrected chi connectivity index (χ1v) is 11.8. The summed E-state index contributed by atoms with van der Waals surface area (Å²) < 4.78 is 5.61. The molecule has 0 spiro atoms. The predicted molar refractivity (Wildman–Crippen MR) is 120 cm³/mol. The normalized spacial score (nSPS) is 28.4. The molecule has 8 nitrogen and oxygen atoms in total. The molecule has 1 aliphatic carbocycles. The van der Waals surface area contributed by atoms with Gasteiger partial charge in [0.2, 0.25) is 0 Å². The fourth-order valence-electron chi connectivity index (χ4n) is 4.99. The highest BCUT2D eigenvalue weighted by atomic mass is 16.5. The molecule has 8 heteroatoms. The van der Waals surface area contributed by atoms with E-state index in [2.05, 4.69) is 5.32 Å². The fraction of sp³-hybridized carbons (Fsp3) is 0.625. The summed E-state index contributed by atoms with van der Waals surface area (Å²) in [6, 6.07) is 7.53. The van der Waals surface area contributed by atoms with E-state index in [9.17, 15) is 14.4 Å². The SMILES string of the molecule is Cc1cccc(C(=O)N2CCCN(C(=O)C3CCCO3)C2C(=O)NC2CCC(N)CC2)c1. The molecule has 1 saturated carbocycles. The number of carbonyl (C=O) groups is 3. The van der Waals surface area contributed by atoms with Gasteiger partial charge < -0.3 is 25.6 Å². The minimum Gasteiger partial charge on any atom is -0.368 e. The molecule has 3 aliphatic rings. The summed E-state index contributed by atoms with van der Waals surface area (Å²) >= 11 is 0. The van der Waals surface area contributed by atoms with Crippen molar-refractivity contribution in [2.45, 2.75) is 76.2 Å². The molecule has 0 aromatic heterocycles. The van der Waals surface area contributed by atoms with Crippen molar-refractivity contribution < 1.29 is 19.1 Å². The van der Waals surface area contributed by atoms with Gasteiger partial charge >= 0.3 is 0 Å². The van der Waals surface area contributed by atoms with Crippen LogP contribution in [-0.4, -0.2) is 71.6 Å². The summed E-state index contributed by atoms with van der Waals surface area (Å²) in [7, 11) is 0. The Morgan fingerprint density at radius 1 is 1.03 bits per heavy atom. The fourth-order valence-corrected chi connectivity index (χ4v) is 4.99. The molecule has 3 amide bonds. The molecule has 32 heavy (non-hydrogen) atoms. The Balaban J connectivity index is 1.58. The maximum Gasteiger partial charge on any atom is 0.264 e. The van der Waals surface area contributed by atoms with Crippen LogP contribution in [0.25, 0.3) is 0 Å². The van der Waals surface area contributed by atoms with Crippen molar-refractivity contribution in [2.75, 3.05) is 19.7 Å². The summed E-state index contributed by atoms with van der Waals surface area (Å²) in [5.41, 5.74) is 7.51. The molecule has 1 aromatic carbocycles. The van der Waals surface area contributed by atoms with Crippen LogP contribution in [0.3, 0.4) is 0 Å². The number of ether oxygens (including phenoxy) is 1. The number of nitrogens with zero attached hydrogens (tertiary/aromatic N) is 2. The second-order valence-corrected chi connectivity index (χ2v) is 9.25. The predicted octanol–water partition coefficient (Wildman–Crippen LogP) is 1.56. The summed E-state index contributed by atoms with van der Waals surface area (Å²) in [5.74, 6) is -0.725. The van der Waals surface area contributed by atoms with Crippen molar-refractivity contribution in [1.82, 2.24) is 15.1 Å². The molecular weight excluding hydrogens is 408 g/mol. The number of aryl methyl sites for hydroxylation is 1. The third kappa shape index (κ3) is 4.96. The van der Waals surface area contributed by atoms with Gasteiger partial charge in [0, 0.05) is 37.3 Å². The van der Waals surface area contributed by atoms with Gasteiger partial charge in [-0.2, -0.15) is 0 Å². The molecule has 3 fully saturated rings. The van der Waals surface area contributed by atoms with Crippen LogP contribution in [0, 0.1) is 6.92 Å². The van der Waals surface area contributed by atoms with Crippen LogP contribution in [0.2, 0.25) is 0 Å². The maximum absolute atomic E-state index is 13.5. The van der Waals surface area contributed by atoms with E-state index in [1.165, 1.54) is 0 Å². The van der Waals surface area contributed by atoms with Crippen molar-refractivity contribution >= 4 is 17.7 Å². The number of nitrogens with two attached hydrogens (primary N) is 1. The van der Waals surface area contributed by atoms with Crippen LogP contribution in [0.15, 0.2) is 24.3 Å². The van der Waals surface area contributed by atoms with Gasteiger partial charge in [-0.3, -0.25) is 14.4 Å². The lowest BCUT2D eigenvalue weighted by atomic mass is 9.91. The van der Waals surface area contributed by atoms with E-state index in [1.54, 1.807) is 15.9 Å². The lowest BCUT2D eigenvalue weighted by Gasteiger charge is -2.44. The van der Waals surface area contributed by atoms with Crippen molar-refractivity contribution in [3.05, 3.63) is 35.4 Å². The highest BCUT2D eigenvalue weighted by Gasteiger charge is 2.43. The zero-order chi connectivity index (χ0) is 22.7. The number of hydrogen-bond donors (Lipinski definition) is 2.